The maximum Gasteiger partial charge on any atom is 0.339 e. The fraction of sp³-hybridized carbons (Fsp3) is 0. The summed E-state index contributed by atoms with van der Waals surface area (Å²) in [6.07, 6.45) is 8.62. The predicted molar refractivity (Wildman–Crippen MR) is 159 cm³/mol. The number of nitrogens with one attached hydrogen (secondary N) is 1. The van der Waals surface area contributed by atoms with Gasteiger partial charge in [0, 0.05) is 50.3 Å². The molecule has 200 valence electrons. The van der Waals surface area contributed by atoms with E-state index >= 15 is 0 Å². The number of allylic oxidation sites excluding steroid dienone is 5. The molecule has 6 rings (SSSR count). The molecular weight excluding hydrogens is 550 g/mol. The number of carbonyl (C=O) groups is 2. The van der Waals surface area contributed by atoms with E-state index in [-0.39, 0.29) is 44.6 Å². The Balaban J connectivity index is 0.000000300. The van der Waals surface area contributed by atoms with Crippen molar-refractivity contribution >= 4 is 39.0 Å². The minimum Gasteiger partial charge on any atom is -0.507 e. The summed E-state index contributed by atoms with van der Waals surface area (Å²) in [7, 11) is 0. The SMILES string of the molecule is O=C(O)c1ccccc1O.O=C1C=CC=C/C1=C/Nc1ccc2ccccc2c1-c1c(O)ccc2ccccc12.[Ti]. The van der Waals surface area contributed by atoms with Gasteiger partial charge in [-0.2, -0.15) is 0 Å². The van der Waals surface area contributed by atoms with Gasteiger partial charge in [0.15, 0.2) is 5.78 Å². The van der Waals surface area contributed by atoms with Crippen molar-refractivity contribution in [3.63, 3.8) is 0 Å². The number of aromatic hydroxyl groups is 2. The minimum atomic E-state index is -1.11. The normalized spacial score (nSPS) is 13.0. The monoisotopic (exact) mass is 575 g/mol. The van der Waals surface area contributed by atoms with Gasteiger partial charge in [-0.25, -0.2) is 4.79 Å². The molecule has 0 saturated carbocycles. The van der Waals surface area contributed by atoms with Crippen LogP contribution in [0.5, 0.6) is 11.5 Å². The average molecular weight is 575 g/mol. The van der Waals surface area contributed by atoms with Crippen LogP contribution in [0.15, 0.2) is 133 Å². The number of phenolic OH excluding ortho intramolecular Hbond substituents is 1. The van der Waals surface area contributed by atoms with Gasteiger partial charge < -0.3 is 20.6 Å². The first kappa shape index (κ1) is 29.1. The average Bonchev–Trinajstić information content (AvgIpc) is 2.97. The molecule has 5 aromatic carbocycles. The van der Waals surface area contributed by atoms with Crippen LogP contribution in [0, 0.1) is 0 Å². The molecule has 0 bridgehead atoms. The van der Waals surface area contributed by atoms with Crippen molar-refractivity contribution in [1.82, 2.24) is 0 Å². The molecular formula is C34H25NO5Ti. The van der Waals surface area contributed by atoms with Gasteiger partial charge in [0.05, 0.1) is 0 Å². The molecule has 7 heteroatoms. The van der Waals surface area contributed by atoms with E-state index in [1.165, 1.54) is 12.1 Å². The summed E-state index contributed by atoms with van der Waals surface area (Å²) < 4.78 is 0. The number of carboxylic acid groups (broad SMARTS) is 1. The number of anilines is 1. The van der Waals surface area contributed by atoms with E-state index in [1.807, 2.05) is 60.7 Å². The summed E-state index contributed by atoms with van der Waals surface area (Å²) >= 11 is 0. The Hall–Kier alpha value is -4.91. The molecule has 0 saturated heterocycles. The van der Waals surface area contributed by atoms with Crippen molar-refractivity contribution in [3.05, 3.63) is 139 Å². The summed E-state index contributed by atoms with van der Waals surface area (Å²) in [6, 6.07) is 29.6. The zero-order chi connectivity index (χ0) is 28.1. The second-order valence-electron chi connectivity index (χ2n) is 9.04. The third kappa shape index (κ3) is 6.30. The van der Waals surface area contributed by atoms with Crippen molar-refractivity contribution in [2.45, 2.75) is 0 Å². The maximum absolute atomic E-state index is 12.1. The van der Waals surface area contributed by atoms with Gasteiger partial charge in [0.25, 0.3) is 0 Å². The van der Waals surface area contributed by atoms with Gasteiger partial charge in [-0.05, 0) is 58.0 Å². The second kappa shape index (κ2) is 13.0. The van der Waals surface area contributed by atoms with Crippen LogP contribution in [0.25, 0.3) is 32.7 Å². The summed E-state index contributed by atoms with van der Waals surface area (Å²) in [5.41, 5.74) is 3.02. The fourth-order valence-electron chi connectivity index (χ4n) is 4.59. The third-order valence-corrected chi connectivity index (χ3v) is 6.52. The number of phenols is 2. The van der Waals surface area contributed by atoms with Crippen molar-refractivity contribution in [3.8, 4) is 22.6 Å². The molecule has 6 nitrogen and oxygen atoms in total. The Morgan fingerprint density at radius 3 is 1.88 bits per heavy atom. The van der Waals surface area contributed by atoms with Crippen molar-refractivity contribution in [1.29, 1.82) is 0 Å². The zero-order valence-corrected chi connectivity index (χ0v) is 23.3. The van der Waals surface area contributed by atoms with Gasteiger partial charge >= 0.3 is 5.97 Å². The Morgan fingerprint density at radius 1 is 0.659 bits per heavy atom. The molecule has 0 fully saturated rings. The van der Waals surface area contributed by atoms with Crippen LogP contribution in [0.4, 0.5) is 5.69 Å². The molecule has 0 atom stereocenters. The van der Waals surface area contributed by atoms with E-state index in [0.29, 0.717) is 5.57 Å². The summed E-state index contributed by atoms with van der Waals surface area (Å²) in [6.45, 7) is 0. The molecule has 0 amide bonds. The summed E-state index contributed by atoms with van der Waals surface area (Å²) in [5, 5.41) is 35.6. The molecule has 41 heavy (non-hydrogen) atoms. The minimum absolute atomic E-state index is 0. The van der Waals surface area contributed by atoms with E-state index in [9.17, 15) is 14.7 Å². The Bertz CT molecular complexity index is 1860. The number of hydrogen-bond acceptors (Lipinski definition) is 5. The molecule has 0 spiro atoms. The number of ketones is 1. The van der Waals surface area contributed by atoms with Crippen molar-refractivity contribution in [2.75, 3.05) is 5.32 Å². The van der Waals surface area contributed by atoms with Crippen LogP contribution < -0.4 is 5.32 Å². The largest absolute Gasteiger partial charge is 0.507 e. The van der Waals surface area contributed by atoms with Gasteiger partial charge in [-0.1, -0.05) is 84.9 Å². The number of para-hydroxylation sites is 1. The van der Waals surface area contributed by atoms with Gasteiger partial charge in [-0.15, -0.1) is 0 Å². The topological polar surface area (TPSA) is 107 Å². The van der Waals surface area contributed by atoms with E-state index in [0.717, 1.165) is 38.4 Å². The standard InChI is InChI=1S/C27H19NO2.C7H6O3.Ti/c29-24-12-6-3-9-20(24)17-28-23-15-13-18-7-1-4-10-21(18)26(23)27-22-11-5-2-8-19(22)14-16-25(27)30;8-6-4-2-1-3-5(6)7(9)10;/h1-17,28,30H;1-4,8H,(H,9,10);/b20-17-;;. The Labute approximate surface area is 251 Å². The molecule has 0 unspecified atom stereocenters. The maximum atomic E-state index is 12.1. The number of aromatic carboxylic acids is 1. The first-order valence-corrected chi connectivity index (χ1v) is 12.5. The van der Waals surface area contributed by atoms with E-state index in [1.54, 1.807) is 42.6 Å². The first-order chi connectivity index (χ1) is 19.4. The van der Waals surface area contributed by atoms with Gasteiger partial charge in [-0.3, -0.25) is 4.79 Å². The van der Waals surface area contributed by atoms with E-state index < -0.39 is 5.97 Å². The number of rotatable bonds is 4. The zero-order valence-electron chi connectivity index (χ0n) is 21.8. The Morgan fingerprint density at radius 2 is 1.24 bits per heavy atom. The molecule has 0 aromatic heterocycles. The van der Waals surface area contributed by atoms with Crippen LogP contribution in [-0.4, -0.2) is 27.1 Å². The molecule has 0 aliphatic heterocycles. The van der Waals surface area contributed by atoms with E-state index in [2.05, 4.69) is 17.4 Å². The van der Waals surface area contributed by atoms with Crippen LogP contribution in [0.1, 0.15) is 10.4 Å². The third-order valence-electron chi connectivity index (χ3n) is 6.52. The summed E-state index contributed by atoms with van der Waals surface area (Å²) in [4.78, 5) is 22.4. The number of hydrogen-bond donors (Lipinski definition) is 4. The Kier molecular flexibility index (Phi) is 9.20. The van der Waals surface area contributed by atoms with Crippen LogP contribution >= 0.6 is 0 Å². The number of fused-ring (bicyclic) bond motifs is 2. The smallest absolute Gasteiger partial charge is 0.339 e. The molecule has 1 aliphatic rings. The quantitative estimate of drug-likeness (QED) is 0.131. The molecule has 0 heterocycles. The van der Waals surface area contributed by atoms with Crippen LogP contribution in [0.3, 0.4) is 0 Å². The number of carbonyl (C=O) groups excluding carboxylic acids is 1. The number of carboxylic acids is 1. The van der Waals surface area contributed by atoms with Gasteiger partial charge in [0.2, 0.25) is 0 Å². The second-order valence-corrected chi connectivity index (χ2v) is 9.04. The van der Waals surface area contributed by atoms with Crippen molar-refractivity contribution in [2.24, 2.45) is 0 Å². The number of benzene rings is 5. The molecule has 1 aliphatic carbocycles. The molecule has 5 aromatic rings. The van der Waals surface area contributed by atoms with Crippen LogP contribution in [-0.2, 0) is 26.5 Å². The summed E-state index contributed by atoms with van der Waals surface area (Å²) in [5.74, 6) is -1.13. The van der Waals surface area contributed by atoms with Crippen LogP contribution in [0.2, 0.25) is 0 Å². The van der Waals surface area contributed by atoms with E-state index in [4.69, 9.17) is 10.2 Å². The van der Waals surface area contributed by atoms with Crippen molar-refractivity contribution < 1.29 is 46.6 Å². The predicted octanol–water partition coefficient (Wildman–Crippen LogP) is 7.44. The molecule has 4 N–H and O–H groups in total. The van der Waals surface area contributed by atoms with Gasteiger partial charge in [0.1, 0.15) is 17.1 Å². The fourth-order valence-corrected chi connectivity index (χ4v) is 4.59. The first-order valence-electron chi connectivity index (χ1n) is 12.5. The molecule has 0 radical (unpaired) electrons.